The first-order valence-electron chi connectivity index (χ1n) is 9.83. The highest BCUT2D eigenvalue weighted by Crippen LogP contribution is 2.35. The molecule has 4 rings (SSSR count). The molecule has 0 bridgehead atoms. The number of pyridine rings is 1. The van der Waals surface area contributed by atoms with E-state index in [1.807, 2.05) is 25.1 Å². The highest BCUT2D eigenvalue weighted by Gasteiger charge is 2.23. The van der Waals surface area contributed by atoms with Gasteiger partial charge in [-0.25, -0.2) is 0 Å². The SMILES string of the molecule is COc1cc(N[C@@H](C)c2cc3ccc(OCC4CC4)c(Cl)c3[nH]c2=O)ccc1C#N. The number of anilines is 1. The maximum absolute atomic E-state index is 12.8. The van der Waals surface area contributed by atoms with Crippen molar-refractivity contribution in [3.63, 3.8) is 0 Å². The molecule has 3 aromatic rings. The summed E-state index contributed by atoms with van der Waals surface area (Å²) in [5, 5.41) is 13.7. The zero-order chi connectivity index (χ0) is 21.3. The summed E-state index contributed by atoms with van der Waals surface area (Å²) in [6.45, 7) is 2.55. The number of ether oxygens (including phenoxy) is 2. The lowest BCUT2D eigenvalue weighted by molar-refractivity contribution is 0.300. The summed E-state index contributed by atoms with van der Waals surface area (Å²) in [7, 11) is 1.52. The highest BCUT2D eigenvalue weighted by atomic mass is 35.5. The topological polar surface area (TPSA) is 87.1 Å². The molecule has 0 aliphatic heterocycles. The van der Waals surface area contributed by atoms with Crippen LogP contribution in [0.15, 0.2) is 41.2 Å². The van der Waals surface area contributed by atoms with Crippen molar-refractivity contribution in [1.82, 2.24) is 4.98 Å². The highest BCUT2D eigenvalue weighted by molar-refractivity contribution is 6.36. The number of nitrogens with zero attached hydrogens (tertiary/aromatic N) is 1. The number of halogens is 1. The van der Waals surface area contributed by atoms with Gasteiger partial charge in [0.25, 0.3) is 5.56 Å². The summed E-state index contributed by atoms with van der Waals surface area (Å²) in [6, 6.07) is 12.6. The number of nitrogens with one attached hydrogen (secondary N) is 2. The zero-order valence-electron chi connectivity index (χ0n) is 16.8. The average Bonchev–Trinajstić information content (AvgIpc) is 3.57. The van der Waals surface area contributed by atoms with Crippen molar-refractivity contribution in [1.29, 1.82) is 5.26 Å². The minimum atomic E-state index is -0.277. The molecule has 0 amide bonds. The number of fused-ring (bicyclic) bond motifs is 1. The Balaban J connectivity index is 1.60. The molecule has 0 saturated heterocycles. The predicted octanol–water partition coefficient (Wildman–Crippen LogP) is 5.02. The molecule has 2 aromatic carbocycles. The lowest BCUT2D eigenvalue weighted by Crippen LogP contribution is -2.19. The number of aromatic amines is 1. The predicted molar refractivity (Wildman–Crippen MR) is 118 cm³/mol. The van der Waals surface area contributed by atoms with Gasteiger partial charge in [0.05, 0.1) is 30.8 Å². The second kappa shape index (κ2) is 8.29. The van der Waals surface area contributed by atoms with E-state index in [2.05, 4.69) is 16.4 Å². The Labute approximate surface area is 179 Å². The molecular weight excluding hydrogens is 402 g/mol. The van der Waals surface area contributed by atoms with Crippen LogP contribution in [0.5, 0.6) is 11.5 Å². The first-order valence-corrected chi connectivity index (χ1v) is 10.2. The van der Waals surface area contributed by atoms with Crippen molar-refractivity contribution in [3.05, 3.63) is 62.9 Å². The van der Waals surface area contributed by atoms with Crippen LogP contribution >= 0.6 is 11.6 Å². The fraction of sp³-hybridized carbons (Fsp3) is 0.304. The van der Waals surface area contributed by atoms with Crippen LogP contribution in [0, 0.1) is 17.2 Å². The van der Waals surface area contributed by atoms with Gasteiger partial charge in [-0.1, -0.05) is 11.6 Å². The van der Waals surface area contributed by atoms with Gasteiger partial charge in [-0.3, -0.25) is 4.79 Å². The van der Waals surface area contributed by atoms with E-state index in [-0.39, 0.29) is 11.6 Å². The Bertz CT molecular complexity index is 1190. The van der Waals surface area contributed by atoms with Crippen LogP contribution in [0.3, 0.4) is 0 Å². The molecule has 30 heavy (non-hydrogen) atoms. The van der Waals surface area contributed by atoms with Gasteiger partial charge >= 0.3 is 0 Å². The van der Waals surface area contributed by atoms with Crippen molar-refractivity contribution >= 4 is 28.2 Å². The quantitative estimate of drug-likeness (QED) is 0.556. The number of hydrogen-bond acceptors (Lipinski definition) is 5. The number of methoxy groups -OCH3 is 1. The van der Waals surface area contributed by atoms with Gasteiger partial charge < -0.3 is 19.8 Å². The Kier molecular flexibility index (Phi) is 5.56. The van der Waals surface area contributed by atoms with Crippen LogP contribution in [0.1, 0.15) is 36.9 Å². The number of benzene rings is 2. The molecule has 1 fully saturated rings. The summed E-state index contributed by atoms with van der Waals surface area (Å²) in [4.78, 5) is 15.7. The molecule has 0 radical (unpaired) electrons. The molecule has 154 valence electrons. The lowest BCUT2D eigenvalue weighted by Gasteiger charge is -2.17. The maximum atomic E-state index is 12.8. The van der Waals surface area contributed by atoms with Crippen molar-refractivity contribution in [2.24, 2.45) is 5.92 Å². The van der Waals surface area contributed by atoms with Gasteiger partial charge in [-0.05, 0) is 56.0 Å². The van der Waals surface area contributed by atoms with E-state index in [4.69, 9.17) is 26.3 Å². The molecule has 0 spiro atoms. The zero-order valence-corrected chi connectivity index (χ0v) is 17.5. The third-order valence-corrected chi connectivity index (χ3v) is 5.67. The van der Waals surface area contributed by atoms with Crippen LogP contribution in [0.2, 0.25) is 5.02 Å². The van der Waals surface area contributed by atoms with Crippen molar-refractivity contribution in [2.75, 3.05) is 19.0 Å². The van der Waals surface area contributed by atoms with Gasteiger partial charge in [0.1, 0.15) is 22.6 Å². The van der Waals surface area contributed by atoms with E-state index in [1.165, 1.54) is 20.0 Å². The summed E-state index contributed by atoms with van der Waals surface area (Å²) < 4.78 is 11.1. The molecule has 7 heteroatoms. The summed E-state index contributed by atoms with van der Waals surface area (Å²) >= 11 is 6.49. The molecule has 1 aliphatic carbocycles. The van der Waals surface area contributed by atoms with Gasteiger partial charge in [0, 0.05) is 22.7 Å². The number of nitriles is 1. The minimum absolute atomic E-state index is 0.218. The molecule has 1 aromatic heterocycles. The second-order valence-corrected chi connectivity index (χ2v) is 7.92. The van der Waals surface area contributed by atoms with Gasteiger partial charge in [0.2, 0.25) is 0 Å². The van der Waals surface area contributed by atoms with E-state index in [9.17, 15) is 4.79 Å². The fourth-order valence-corrected chi connectivity index (χ4v) is 3.64. The second-order valence-electron chi connectivity index (χ2n) is 7.54. The monoisotopic (exact) mass is 423 g/mol. The van der Waals surface area contributed by atoms with Crippen molar-refractivity contribution < 1.29 is 9.47 Å². The van der Waals surface area contributed by atoms with Crippen LogP contribution in [0.4, 0.5) is 5.69 Å². The molecule has 2 N–H and O–H groups in total. The first-order chi connectivity index (χ1) is 14.5. The van der Waals surface area contributed by atoms with E-state index in [0.717, 1.165) is 11.1 Å². The molecule has 1 saturated carbocycles. The van der Waals surface area contributed by atoms with Crippen LogP contribution in [0.25, 0.3) is 10.9 Å². The summed E-state index contributed by atoms with van der Waals surface area (Å²) in [6.07, 6.45) is 2.39. The molecule has 6 nitrogen and oxygen atoms in total. The first kappa shape index (κ1) is 20.1. The molecular formula is C23H22ClN3O3. The lowest BCUT2D eigenvalue weighted by atomic mass is 10.1. The number of aromatic nitrogens is 1. The van der Waals surface area contributed by atoms with Crippen molar-refractivity contribution in [3.8, 4) is 17.6 Å². The van der Waals surface area contributed by atoms with Crippen LogP contribution < -0.4 is 20.3 Å². The normalized spacial score (nSPS) is 14.2. The Morgan fingerprint density at radius 3 is 2.77 bits per heavy atom. The Morgan fingerprint density at radius 2 is 2.07 bits per heavy atom. The third-order valence-electron chi connectivity index (χ3n) is 5.29. The van der Waals surface area contributed by atoms with E-state index in [0.29, 0.717) is 45.7 Å². The maximum Gasteiger partial charge on any atom is 0.253 e. The van der Waals surface area contributed by atoms with E-state index >= 15 is 0 Å². The molecule has 0 unspecified atom stereocenters. The van der Waals surface area contributed by atoms with Crippen molar-refractivity contribution in [2.45, 2.75) is 25.8 Å². The average molecular weight is 424 g/mol. The van der Waals surface area contributed by atoms with Gasteiger partial charge in [-0.2, -0.15) is 5.26 Å². The Hall–Kier alpha value is -3.17. The Morgan fingerprint density at radius 1 is 1.27 bits per heavy atom. The molecule has 1 atom stereocenters. The van der Waals surface area contributed by atoms with Gasteiger partial charge in [-0.15, -0.1) is 0 Å². The number of H-pyrrole nitrogens is 1. The molecule has 1 aliphatic rings. The van der Waals surface area contributed by atoms with Crippen LogP contribution in [-0.2, 0) is 0 Å². The summed E-state index contributed by atoms with van der Waals surface area (Å²) in [5.74, 6) is 1.69. The standard InChI is InChI=1S/C23H22ClN3O3/c1-13(26-17-7-5-16(11-25)20(10-17)29-2)18-9-15-6-8-19(30-12-14-3-4-14)21(24)22(15)27-23(18)28/h5-10,13-14,26H,3-4,12H2,1-2H3,(H,27,28)/t13-/m0/s1. The smallest absolute Gasteiger partial charge is 0.253 e. The molecule has 1 heterocycles. The minimum Gasteiger partial charge on any atom is -0.495 e. The van der Waals surface area contributed by atoms with E-state index in [1.54, 1.807) is 18.2 Å². The number of hydrogen-bond donors (Lipinski definition) is 2. The van der Waals surface area contributed by atoms with E-state index < -0.39 is 0 Å². The van der Waals surface area contributed by atoms with Gasteiger partial charge in [0.15, 0.2) is 0 Å². The summed E-state index contributed by atoms with van der Waals surface area (Å²) in [5.41, 5.74) is 2.14. The largest absolute Gasteiger partial charge is 0.495 e. The third kappa shape index (κ3) is 4.07. The van der Waals surface area contributed by atoms with Crippen LogP contribution in [-0.4, -0.2) is 18.7 Å². The number of rotatable bonds is 7. The fourth-order valence-electron chi connectivity index (χ4n) is 3.36.